The van der Waals surface area contributed by atoms with Crippen LogP contribution in [0.2, 0.25) is 0 Å². The van der Waals surface area contributed by atoms with E-state index in [1.807, 2.05) is 30.7 Å². The monoisotopic (exact) mass is 507 g/mol. The zero-order chi connectivity index (χ0) is 25.7. The van der Waals surface area contributed by atoms with Crippen molar-refractivity contribution >= 4 is 34.0 Å². The summed E-state index contributed by atoms with van der Waals surface area (Å²) in [6.07, 6.45) is 8.48. The zero-order valence-electron chi connectivity index (χ0n) is 21.8. The summed E-state index contributed by atoms with van der Waals surface area (Å²) in [7, 11) is 2.17. The lowest BCUT2D eigenvalue weighted by Gasteiger charge is -2.38. The molecule has 38 heavy (non-hydrogen) atoms. The molecule has 0 amide bonds. The fourth-order valence-electron chi connectivity index (χ4n) is 6.42. The number of nitrogens with one attached hydrogen (secondary N) is 3. The Morgan fingerprint density at radius 3 is 2.63 bits per heavy atom. The molecule has 3 aliphatic rings. The average Bonchev–Trinajstić information content (AvgIpc) is 3.49. The molecule has 8 heteroatoms. The smallest absolute Gasteiger partial charge is 0.164 e. The Bertz CT molecular complexity index is 1510. The summed E-state index contributed by atoms with van der Waals surface area (Å²) in [4.78, 5) is 30.2. The minimum atomic E-state index is -0.0184. The van der Waals surface area contributed by atoms with Gasteiger partial charge in [0.15, 0.2) is 5.78 Å². The molecule has 2 fully saturated rings. The van der Waals surface area contributed by atoms with Crippen LogP contribution < -0.4 is 15.5 Å². The van der Waals surface area contributed by atoms with Gasteiger partial charge in [0.05, 0.1) is 11.9 Å². The van der Waals surface area contributed by atoms with Crippen molar-refractivity contribution in [3.05, 3.63) is 66.1 Å². The first-order chi connectivity index (χ1) is 18.6. The number of rotatable bonds is 4. The molecule has 5 heterocycles. The third-order valence-corrected chi connectivity index (χ3v) is 8.65. The van der Waals surface area contributed by atoms with Crippen LogP contribution in [0.1, 0.15) is 35.2 Å². The van der Waals surface area contributed by atoms with Crippen molar-refractivity contribution in [2.24, 2.45) is 0 Å². The number of anilines is 3. The lowest BCUT2D eigenvalue weighted by molar-refractivity contribution is 0.0945. The molecular weight excluding hydrogens is 474 g/mol. The Morgan fingerprint density at radius 1 is 0.947 bits per heavy atom. The maximum atomic E-state index is 12.9. The van der Waals surface area contributed by atoms with Gasteiger partial charge < -0.3 is 25.4 Å². The number of aromatic nitrogens is 3. The van der Waals surface area contributed by atoms with Gasteiger partial charge in [-0.15, -0.1) is 0 Å². The number of benzene rings is 1. The number of fused-ring (bicyclic) bond motifs is 3. The molecular formula is C30H33N7O. The molecule has 2 aliphatic heterocycles. The van der Waals surface area contributed by atoms with Crippen molar-refractivity contribution in [3.8, 4) is 11.1 Å². The molecule has 0 radical (unpaired) electrons. The lowest BCUT2D eigenvalue weighted by Crippen LogP contribution is -2.43. The predicted octanol–water partition coefficient (Wildman–Crippen LogP) is 4.33. The molecule has 1 aromatic carbocycles. The summed E-state index contributed by atoms with van der Waals surface area (Å²) < 4.78 is 0. The van der Waals surface area contributed by atoms with Crippen LogP contribution in [-0.4, -0.2) is 72.0 Å². The van der Waals surface area contributed by atoms with Crippen LogP contribution in [0.4, 0.5) is 17.2 Å². The van der Waals surface area contributed by atoms with E-state index in [0.29, 0.717) is 12.2 Å². The van der Waals surface area contributed by atoms with Gasteiger partial charge in [0.25, 0.3) is 0 Å². The Morgan fingerprint density at radius 2 is 1.79 bits per heavy atom. The summed E-state index contributed by atoms with van der Waals surface area (Å²) in [5.41, 5.74) is 7.15. The van der Waals surface area contributed by atoms with Crippen molar-refractivity contribution < 1.29 is 4.79 Å². The average molecular weight is 508 g/mol. The molecule has 8 nitrogen and oxygen atoms in total. The van der Waals surface area contributed by atoms with Gasteiger partial charge in [-0.1, -0.05) is 12.1 Å². The second-order valence-electron chi connectivity index (χ2n) is 11.0. The molecule has 0 bridgehead atoms. The van der Waals surface area contributed by atoms with Crippen LogP contribution in [0.15, 0.2) is 55.0 Å². The van der Waals surface area contributed by atoms with Crippen LogP contribution in [0.25, 0.3) is 22.2 Å². The lowest BCUT2D eigenvalue weighted by atomic mass is 9.73. The number of pyridine rings is 2. The van der Waals surface area contributed by atoms with E-state index in [4.69, 9.17) is 4.98 Å². The molecule has 1 spiro atoms. The zero-order valence-corrected chi connectivity index (χ0v) is 21.8. The first kappa shape index (κ1) is 23.4. The SMILES string of the molecule is CN1CCC2(CC1)CC(=O)c1ccc(-c3c[nH]c4ncc(Nc5ccnc(N6CCNCC6)c5)cc34)cc12. The van der Waals surface area contributed by atoms with E-state index in [2.05, 4.69) is 61.7 Å². The van der Waals surface area contributed by atoms with E-state index in [0.717, 1.165) is 97.0 Å². The van der Waals surface area contributed by atoms with Gasteiger partial charge in [0.1, 0.15) is 11.5 Å². The van der Waals surface area contributed by atoms with Gasteiger partial charge in [-0.05, 0) is 62.3 Å². The molecule has 194 valence electrons. The second-order valence-corrected chi connectivity index (χ2v) is 11.0. The van der Waals surface area contributed by atoms with Crippen molar-refractivity contribution in [2.75, 3.05) is 56.5 Å². The quantitative estimate of drug-likeness (QED) is 0.379. The van der Waals surface area contributed by atoms with Crippen LogP contribution in [-0.2, 0) is 5.41 Å². The maximum absolute atomic E-state index is 12.9. The fourth-order valence-corrected chi connectivity index (χ4v) is 6.42. The first-order valence-electron chi connectivity index (χ1n) is 13.6. The van der Waals surface area contributed by atoms with E-state index in [1.165, 1.54) is 5.56 Å². The molecule has 0 unspecified atom stereocenters. The number of piperazine rings is 1. The van der Waals surface area contributed by atoms with E-state index in [9.17, 15) is 4.79 Å². The number of Topliss-reactive ketones (excluding diaryl/α,β-unsaturated/α-hetero) is 1. The first-order valence-corrected chi connectivity index (χ1v) is 13.6. The van der Waals surface area contributed by atoms with Gasteiger partial charge in [-0.25, -0.2) is 9.97 Å². The minimum Gasteiger partial charge on any atom is -0.354 e. The second kappa shape index (κ2) is 9.22. The van der Waals surface area contributed by atoms with Crippen molar-refractivity contribution in [3.63, 3.8) is 0 Å². The van der Waals surface area contributed by atoms with E-state index in [1.54, 1.807) is 0 Å². The van der Waals surface area contributed by atoms with Gasteiger partial charge in [0, 0.05) is 78.7 Å². The Hall–Kier alpha value is -3.75. The normalized spacial score (nSPS) is 19.3. The highest BCUT2D eigenvalue weighted by Crippen LogP contribution is 2.47. The third-order valence-electron chi connectivity index (χ3n) is 8.65. The van der Waals surface area contributed by atoms with Gasteiger partial charge in [-0.2, -0.15) is 0 Å². The molecule has 0 atom stereocenters. The minimum absolute atomic E-state index is 0.0184. The number of carbonyl (C=O) groups is 1. The third kappa shape index (κ3) is 4.04. The van der Waals surface area contributed by atoms with Crippen molar-refractivity contribution in [1.29, 1.82) is 0 Å². The molecule has 2 saturated heterocycles. The number of carbonyl (C=O) groups excluding carboxylic acids is 1. The Labute approximate surface area is 222 Å². The molecule has 3 aromatic heterocycles. The Kier molecular flexibility index (Phi) is 5.67. The number of piperidine rings is 1. The molecule has 1 aliphatic carbocycles. The van der Waals surface area contributed by atoms with Crippen LogP contribution in [0.3, 0.4) is 0 Å². The van der Waals surface area contributed by atoms with E-state index in [-0.39, 0.29) is 5.41 Å². The van der Waals surface area contributed by atoms with Crippen LogP contribution in [0, 0.1) is 0 Å². The number of hydrogen-bond acceptors (Lipinski definition) is 7. The number of ketones is 1. The maximum Gasteiger partial charge on any atom is 0.164 e. The van der Waals surface area contributed by atoms with Crippen molar-refractivity contribution in [1.82, 2.24) is 25.2 Å². The molecule has 3 N–H and O–H groups in total. The summed E-state index contributed by atoms with van der Waals surface area (Å²) in [6.45, 7) is 5.95. The van der Waals surface area contributed by atoms with Gasteiger partial charge >= 0.3 is 0 Å². The predicted molar refractivity (Wildman–Crippen MR) is 151 cm³/mol. The van der Waals surface area contributed by atoms with E-state index < -0.39 is 0 Å². The van der Waals surface area contributed by atoms with Crippen LogP contribution in [0.5, 0.6) is 0 Å². The van der Waals surface area contributed by atoms with Crippen LogP contribution >= 0.6 is 0 Å². The molecule has 7 rings (SSSR count). The highest BCUT2D eigenvalue weighted by Gasteiger charge is 2.44. The fraction of sp³-hybridized carbons (Fsp3) is 0.367. The summed E-state index contributed by atoms with van der Waals surface area (Å²) in [5, 5.41) is 7.99. The number of likely N-dealkylation sites (tertiary alicyclic amines) is 1. The topological polar surface area (TPSA) is 89.2 Å². The largest absolute Gasteiger partial charge is 0.354 e. The van der Waals surface area contributed by atoms with Crippen molar-refractivity contribution in [2.45, 2.75) is 24.7 Å². The summed E-state index contributed by atoms with van der Waals surface area (Å²) in [5.74, 6) is 1.28. The summed E-state index contributed by atoms with van der Waals surface area (Å²) in [6, 6.07) is 12.7. The Balaban J connectivity index is 1.20. The number of nitrogens with zero attached hydrogens (tertiary/aromatic N) is 4. The van der Waals surface area contributed by atoms with Gasteiger partial charge in [0.2, 0.25) is 0 Å². The highest BCUT2D eigenvalue weighted by atomic mass is 16.1. The van der Waals surface area contributed by atoms with Gasteiger partial charge in [-0.3, -0.25) is 4.79 Å². The highest BCUT2D eigenvalue weighted by molar-refractivity contribution is 6.04. The van der Waals surface area contributed by atoms with E-state index >= 15 is 0 Å². The number of H-pyrrole nitrogens is 1. The molecule has 4 aromatic rings. The number of hydrogen-bond donors (Lipinski definition) is 3. The number of aromatic amines is 1. The molecule has 0 saturated carbocycles. The standard InChI is InChI=1S/C30H33N7O/c1-36-10-5-30(6-11-36)17-27(38)23-3-2-20(14-26(23)30)25-19-34-29-24(25)15-22(18-33-29)35-21-4-7-32-28(16-21)37-12-8-31-9-13-37/h2-4,7,14-16,18-19,31H,5-6,8-13,17H2,1H3,(H,32,35)(H,33,34). The summed E-state index contributed by atoms with van der Waals surface area (Å²) >= 11 is 0.